The Bertz CT molecular complexity index is 1510. The van der Waals surface area contributed by atoms with E-state index in [2.05, 4.69) is 51.5 Å². The van der Waals surface area contributed by atoms with Crippen molar-refractivity contribution < 1.29 is 0 Å². The number of nitrogens with one attached hydrogen (secondary N) is 1. The molecule has 6 heteroatoms. The van der Waals surface area contributed by atoms with Crippen molar-refractivity contribution in [2.24, 2.45) is 13.0 Å². The number of benzene rings is 2. The minimum atomic E-state index is 0.645. The van der Waals surface area contributed by atoms with E-state index in [9.17, 15) is 5.26 Å². The molecule has 0 saturated carbocycles. The molecule has 0 amide bonds. The van der Waals surface area contributed by atoms with Crippen LogP contribution in [0, 0.1) is 17.2 Å². The van der Waals surface area contributed by atoms with Gasteiger partial charge >= 0.3 is 0 Å². The summed E-state index contributed by atoms with van der Waals surface area (Å²) in [7, 11) is 1.96. The van der Waals surface area contributed by atoms with Gasteiger partial charge in [-0.1, -0.05) is 18.2 Å². The van der Waals surface area contributed by atoms with E-state index in [1.807, 2.05) is 48.4 Å². The molecule has 1 N–H and O–H groups in total. The molecule has 1 unspecified atom stereocenters. The van der Waals surface area contributed by atoms with Crippen molar-refractivity contribution >= 4 is 21.8 Å². The molecule has 1 aliphatic rings. The Morgan fingerprint density at radius 3 is 2.70 bits per heavy atom. The normalized spacial score (nSPS) is 15.9. The topological polar surface area (TPSA) is 71.5 Å². The minimum Gasteiger partial charge on any atom is -0.346 e. The average Bonchev–Trinajstić information content (AvgIpc) is 3.60. The first-order valence-corrected chi connectivity index (χ1v) is 11.3. The maximum absolute atomic E-state index is 9.27. The summed E-state index contributed by atoms with van der Waals surface area (Å²) in [6.45, 7) is 3.16. The summed E-state index contributed by atoms with van der Waals surface area (Å²) in [5.74, 6) is 0.645. The molecule has 0 radical (unpaired) electrons. The van der Waals surface area contributed by atoms with Crippen LogP contribution in [0.4, 0.5) is 0 Å². The van der Waals surface area contributed by atoms with Crippen molar-refractivity contribution in [2.45, 2.75) is 13.0 Å². The fourth-order valence-corrected chi connectivity index (χ4v) is 5.00. The summed E-state index contributed by atoms with van der Waals surface area (Å²) < 4.78 is 4.22. The third-order valence-electron chi connectivity index (χ3n) is 6.77. The molecule has 4 heterocycles. The van der Waals surface area contributed by atoms with Crippen LogP contribution in [0.15, 0.2) is 67.1 Å². The van der Waals surface area contributed by atoms with Crippen LogP contribution in [0.1, 0.15) is 12.0 Å². The van der Waals surface area contributed by atoms with Crippen molar-refractivity contribution in [1.29, 1.82) is 5.26 Å². The Labute approximate surface area is 192 Å². The van der Waals surface area contributed by atoms with Gasteiger partial charge in [0.1, 0.15) is 0 Å². The van der Waals surface area contributed by atoms with E-state index in [0.717, 1.165) is 58.4 Å². The first-order chi connectivity index (χ1) is 16.2. The van der Waals surface area contributed by atoms with Crippen LogP contribution in [-0.2, 0) is 13.6 Å². The van der Waals surface area contributed by atoms with Crippen LogP contribution in [0.25, 0.3) is 44.2 Å². The Morgan fingerprint density at radius 2 is 1.91 bits per heavy atom. The smallest absolute Gasteiger partial charge is 0.0991 e. The van der Waals surface area contributed by atoms with Gasteiger partial charge in [-0.3, -0.25) is 9.67 Å². The summed E-state index contributed by atoms with van der Waals surface area (Å²) in [5.41, 5.74) is 7.06. The first kappa shape index (κ1) is 19.7. The van der Waals surface area contributed by atoms with Crippen molar-refractivity contribution in [2.75, 3.05) is 13.1 Å². The zero-order valence-corrected chi connectivity index (χ0v) is 18.5. The fraction of sp³-hybridized carbons (Fsp3) is 0.222. The van der Waals surface area contributed by atoms with E-state index in [4.69, 9.17) is 4.98 Å². The van der Waals surface area contributed by atoms with Gasteiger partial charge in [0, 0.05) is 41.7 Å². The first-order valence-electron chi connectivity index (χ1n) is 11.3. The van der Waals surface area contributed by atoms with E-state index in [1.54, 1.807) is 0 Å². The van der Waals surface area contributed by atoms with Crippen LogP contribution < -0.4 is 5.32 Å². The van der Waals surface area contributed by atoms with Gasteiger partial charge in [0.25, 0.3) is 0 Å². The third kappa shape index (κ3) is 3.38. The summed E-state index contributed by atoms with van der Waals surface area (Å²) >= 11 is 0. The molecule has 5 aromatic rings. The lowest BCUT2D eigenvalue weighted by Gasteiger charge is -2.14. The molecule has 162 valence electrons. The molecule has 0 bridgehead atoms. The molecule has 1 saturated heterocycles. The van der Waals surface area contributed by atoms with Gasteiger partial charge in [-0.2, -0.15) is 10.4 Å². The largest absolute Gasteiger partial charge is 0.346 e. The molecular weight excluding hydrogens is 408 g/mol. The van der Waals surface area contributed by atoms with Crippen LogP contribution in [0.2, 0.25) is 0 Å². The van der Waals surface area contributed by atoms with Gasteiger partial charge in [0.2, 0.25) is 0 Å². The number of rotatable bonds is 4. The van der Waals surface area contributed by atoms with E-state index >= 15 is 0 Å². The molecule has 6 rings (SSSR count). The Morgan fingerprint density at radius 1 is 1.06 bits per heavy atom. The van der Waals surface area contributed by atoms with Crippen LogP contribution in [-0.4, -0.2) is 32.4 Å². The van der Waals surface area contributed by atoms with Gasteiger partial charge in [0.15, 0.2) is 0 Å². The zero-order chi connectivity index (χ0) is 22.4. The zero-order valence-electron chi connectivity index (χ0n) is 18.5. The molecule has 0 aliphatic carbocycles. The molecule has 1 atom stereocenters. The van der Waals surface area contributed by atoms with Crippen LogP contribution in [0.5, 0.6) is 0 Å². The van der Waals surface area contributed by atoms with Crippen molar-refractivity contribution in [3.63, 3.8) is 0 Å². The fourth-order valence-electron chi connectivity index (χ4n) is 5.00. The number of aromatic nitrogens is 4. The average molecular weight is 433 g/mol. The second-order valence-corrected chi connectivity index (χ2v) is 8.84. The lowest BCUT2D eigenvalue weighted by atomic mass is 9.95. The standard InChI is InChI=1S/C27H24N6/c1-32-24-7-6-21(12-22(24)15-31-32)27-26(20-4-2-18(13-28)3-5-20)23-9-11-33(25(23)16-30-27)17-19-8-10-29-14-19/h2-7,9,11-12,15-16,19,29H,8,10,14,17H2,1H3. The van der Waals surface area contributed by atoms with Crippen molar-refractivity contribution in [3.8, 4) is 28.5 Å². The second-order valence-electron chi connectivity index (χ2n) is 8.84. The molecule has 6 nitrogen and oxygen atoms in total. The third-order valence-corrected chi connectivity index (χ3v) is 6.77. The minimum absolute atomic E-state index is 0.645. The van der Waals surface area contributed by atoms with Gasteiger partial charge in [-0.25, -0.2) is 0 Å². The quantitative estimate of drug-likeness (QED) is 0.445. The van der Waals surface area contributed by atoms with Gasteiger partial charge < -0.3 is 9.88 Å². The van der Waals surface area contributed by atoms with Gasteiger partial charge in [-0.15, -0.1) is 0 Å². The molecular formula is C27H24N6. The Hall–Kier alpha value is -3.95. The van der Waals surface area contributed by atoms with Gasteiger partial charge in [-0.05, 0) is 61.3 Å². The maximum Gasteiger partial charge on any atom is 0.0991 e. The number of nitrogens with zero attached hydrogens (tertiary/aromatic N) is 5. The van der Waals surface area contributed by atoms with Crippen LogP contribution in [0.3, 0.4) is 0 Å². The summed E-state index contributed by atoms with van der Waals surface area (Å²) in [5, 5.41) is 19.4. The SMILES string of the molecule is Cn1ncc2cc(-c3ncc4c(ccn4CC4CCNC4)c3-c3ccc(C#N)cc3)ccc21. The molecule has 1 aliphatic heterocycles. The highest BCUT2D eigenvalue weighted by Gasteiger charge is 2.19. The lowest BCUT2D eigenvalue weighted by Crippen LogP contribution is -2.14. The number of aryl methyl sites for hydroxylation is 1. The van der Waals surface area contributed by atoms with E-state index in [0.29, 0.717) is 11.5 Å². The number of hydrogen-bond acceptors (Lipinski definition) is 4. The number of nitriles is 1. The number of pyridine rings is 1. The number of hydrogen-bond donors (Lipinski definition) is 1. The van der Waals surface area contributed by atoms with Gasteiger partial charge in [0.05, 0.1) is 40.8 Å². The van der Waals surface area contributed by atoms with Crippen molar-refractivity contribution in [3.05, 3.63) is 72.7 Å². The molecule has 3 aromatic heterocycles. The highest BCUT2D eigenvalue weighted by atomic mass is 15.2. The van der Waals surface area contributed by atoms with E-state index in [-0.39, 0.29) is 0 Å². The lowest BCUT2D eigenvalue weighted by molar-refractivity contribution is 0.491. The predicted molar refractivity (Wildman–Crippen MR) is 131 cm³/mol. The molecule has 1 fully saturated rings. The highest BCUT2D eigenvalue weighted by molar-refractivity contribution is 6.02. The van der Waals surface area contributed by atoms with Crippen molar-refractivity contribution in [1.82, 2.24) is 24.6 Å². The van der Waals surface area contributed by atoms with E-state index < -0.39 is 0 Å². The summed E-state index contributed by atoms with van der Waals surface area (Å²) in [6, 6.07) is 18.6. The Kier molecular flexibility index (Phi) is 4.70. The monoisotopic (exact) mass is 432 g/mol. The maximum atomic E-state index is 9.27. The second kappa shape index (κ2) is 7.88. The number of fused-ring (bicyclic) bond motifs is 2. The molecule has 2 aromatic carbocycles. The van der Waals surface area contributed by atoms with E-state index in [1.165, 1.54) is 11.8 Å². The molecule has 0 spiro atoms. The highest BCUT2D eigenvalue weighted by Crippen LogP contribution is 2.38. The predicted octanol–water partition coefficient (Wildman–Crippen LogP) is 4.74. The summed E-state index contributed by atoms with van der Waals surface area (Å²) in [6.07, 6.45) is 7.29. The van der Waals surface area contributed by atoms with Crippen LogP contribution >= 0.6 is 0 Å². The molecule has 33 heavy (non-hydrogen) atoms. The summed E-state index contributed by atoms with van der Waals surface area (Å²) in [4.78, 5) is 4.99. The Balaban J connectivity index is 1.54.